The molecule has 3 nitrogen and oxygen atoms in total. The maximum Gasteiger partial charge on any atom is 0.228 e. The van der Waals surface area contributed by atoms with Crippen LogP contribution in [0.5, 0.6) is 0 Å². The van der Waals surface area contributed by atoms with E-state index in [4.69, 9.17) is 5.73 Å². The highest BCUT2D eigenvalue weighted by atomic mass is 16.1. The Labute approximate surface area is 108 Å². The van der Waals surface area contributed by atoms with Crippen molar-refractivity contribution in [1.82, 2.24) is 0 Å². The van der Waals surface area contributed by atoms with Gasteiger partial charge < -0.3 is 10.6 Å². The number of carbonyl (C=O) groups is 1. The zero-order valence-electron chi connectivity index (χ0n) is 10.7. The highest BCUT2D eigenvalue weighted by Gasteiger charge is 2.49. The van der Waals surface area contributed by atoms with Crippen LogP contribution in [0.2, 0.25) is 0 Å². The van der Waals surface area contributed by atoms with Gasteiger partial charge in [-0.25, -0.2) is 0 Å². The lowest BCUT2D eigenvalue weighted by atomic mass is 9.95. The Morgan fingerprint density at radius 1 is 1.06 bits per heavy atom. The molecule has 1 saturated heterocycles. The lowest BCUT2D eigenvalue weighted by molar-refractivity contribution is -0.120. The summed E-state index contributed by atoms with van der Waals surface area (Å²) in [7, 11) is 0. The smallest absolute Gasteiger partial charge is 0.228 e. The summed E-state index contributed by atoms with van der Waals surface area (Å²) in [6, 6.07) is 8.46. The molecule has 18 heavy (non-hydrogen) atoms. The Balaban J connectivity index is 1.79. The minimum Gasteiger partial charge on any atom is -0.372 e. The van der Waals surface area contributed by atoms with Gasteiger partial charge in [-0.05, 0) is 49.8 Å². The average molecular weight is 244 g/mol. The summed E-state index contributed by atoms with van der Waals surface area (Å²) in [6.07, 6.45) is 5.73. The van der Waals surface area contributed by atoms with E-state index in [2.05, 4.69) is 29.2 Å². The maximum atomic E-state index is 11.5. The molecular formula is C15H20N2O. The van der Waals surface area contributed by atoms with Crippen molar-refractivity contribution in [2.75, 3.05) is 18.0 Å². The first-order chi connectivity index (χ1) is 8.72. The first-order valence-corrected chi connectivity index (χ1v) is 6.88. The SMILES string of the molecule is NC(=O)C1(c2ccc(N3CCCCC3)cc2)CC1. The fourth-order valence-electron chi connectivity index (χ4n) is 2.95. The molecule has 1 aliphatic carbocycles. The molecule has 0 unspecified atom stereocenters. The van der Waals surface area contributed by atoms with Crippen LogP contribution in [0.4, 0.5) is 5.69 Å². The lowest BCUT2D eigenvalue weighted by Gasteiger charge is -2.29. The number of hydrogen-bond acceptors (Lipinski definition) is 2. The van der Waals surface area contributed by atoms with E-state index < -0.39 is 0 Å². The predicted molar refractivity (Wildman–Crippen MR) is 72.6 cm³/mol. The van der Waals surface area contributed by atoms with Crippen molar-refractivity contribution in [3.63, 3.8) is 0 Å². The summed E-state index contributed by atoms with van der Waals surface area (Å²) >= 11 is 0. The summed E-state index contributed by atoms with van der Waals surface area (Å²) in [6.45, 7) is 2.31. The molecule has 96 valence electrons. The highest BCUT2D eigenvalue weighted by Crippen LogP contribution is 2.48. The van der Waals surface area contributed by atoms with Gasteiger partial charge in [-0.2, -0.15) is 0 Å². The van der Waals surface area contributed by atoms with Crippen LogP contribution >= 0.6 is 0 Å². The minimum absolute atomic E-state index is 0.173. The van der Waals surface area contributed by atoms with Gasteiger partial charge in [-0.1, -0.05) is 12.1 Å². The quantitative estimate of drug-likeness (QED) is 0.886. The lowest BCUT2D eigenvalue weighted by Crippen LogP contribution is -2.30. The van der Waals surface area contributed by atoms with E-state index >= 15 is 0 Å². The molecule has 0 radical (unpaired) electrons. The van der Waals surface area contributed by atoms with Crippen molar-refractivity contribution in [1.29, 1.82) is 0 Å². The minimum atomic E-state index is -0.347. The molecule has 0 atom stereocenters. The number of nitrogens with two attached hydrogens (primary N) is 1. The van der Waals surface area contributed by atoms with Crippen LogP contribution in [0.3, 0.4) is 0 Å². The summed E-state index contributed by atoms with van der Waals surface area (Å²) < 4.78 is 0. The van der Waals surface area contributed by atoms with Gasteiger partial charge in [0.1, 0.15) is 0 Å². The van der Waals surface area contributed by atoms with E-state index in [1.165, 1.54) is 24.9 Å². The fraction of sp³-hybridized carbons (Fsp3) is 0.533. The molecule has 0 spiro atoms. The molecular weight excluding hydrogens is 224 g/mol. The summed E-state index contributed by atoms with van der Waals surface area (Å²) in [5.74, 6) is -0.173. The van der Waals surface area contributed by atoms with Gasteiger partial charge in [0.15, 0.2) is 0 Å². The molecule has 1 amide bonds. The zero-order valence-corrected chi connectivity index (χ0v) is 10.7. The van der Waals surface area contributed by atoms with Gasteiger partial charge in [-0.15, -0.1) is 0 Å². The Kier molecular flexibility index (Phi) is 2.77. The second-order valence-corrected chi connectivity index (χ2v) is 5.54. The third-order valence-electron chi connectivity index (χ3n) is 4.36. The number of benzene rings is 1. The fourth-order valence-corrected chi connectivity index (χ4v) is 2.95. The summed E-state index contributed by atoms with van der Waals surface area (Å²) in [4.78, 5) is 13.9. The maximum absolute atomic E-state index is 11.5. The van der Waals surface area contributed by atoms with Crippen LogP contribution < -0.4 is 10.6 Å². The molecule has 2 N–H and O–H groups in total. The number of primary amides is 1. The van der Waals surface area contributed by atoms with Crippen LogP contribution in [0, 0.1) is 0 Å². The molecule has 1 aliphatic heterocycles. The third kappa shape index (κ3) is 1.88. The number of piperidine rings is 1. The van der Waals surface area contributed by atoms with Crippen molar-refractivity contribution in [2.24, 2.45) is 5.73 Å². The van der Waals surface area contributed by atoms with E-state index in [9.17, 15) is 4.79 Å². The Morgan fingerprint density at radius 3 is 2.17 bits per heavy atom. The van der Waals surface area contributed by atoms with Crippen molar-refractivity contribution in [3.05, 3.63) is 29.8 Å². The first-order valence-electron chi connectivity index (χ1n) is 6.88. The molecule has 0 aromatic heterocycles. The molecule has 2 fully saturated rings. The number of carbonyl (C=O) groups excluding carboxylic acids is 1. The predicted octanol–water partition coefficient (Wildman–Crippen LogP) is 2.19. The summed E-state index contributed by atoms with van der Waals surface area (Å²) in [5, 5.41) is 0. The van der Waals surface area contributed by atoms with Gasteiger partial charge in [0, 0.05) is 18.8 Å². The largest absolute Gasteiger partial charge is 0.372 e. The van der Waals surface area contributed by atoms with Gasteiger partial charge in [0.2, 0.25) is 5.91 Å². The second kappa shape index (κ2) is 4.30. The van der Waals surface area contributed by atoms with Crippen LogP contribution in [0.1, 0.15) is 37.7 Å². The van der Waals surface area contributed by atoms with Crippen LogP contribution in [0.15, 0.2) is 24.3 Å². The van der Waals surface area contributed by atoms with E-state index in [0.29, 0.717) is 0 Å². The zero-order chi connectivity index (χ0) is 12.6. The Hall–Kier alpha value is -1.51. The van der Waals surface area contributed by atoms with Gasteiger partial charge >= 0.3 is 0 Å². The second-order valence-electron chi connectivity index (χ2n) is 5.54. The van der Waals surface area contributed by atoms with Gasteiger partial charge in [0.05, 0.1) is 5.41 Å². The topological polar surface area (TPSA) is 46.3 Å². The Bertz CT molecular complexity index is 442. The first kappa shape index (κ1) is 11.6. The summed E-state index contributed by atoms with van der Waals surface area (Å²) in [5.41, 5.74) is 7.52. The van der Waals surface area contributed by atoms with Crippen LogP contribution in [-0.4, -0.2) is 19.0 Å². The third-order valence-corrected chi connectivity index (χ3v) is 4.36. The van der Waals surface area contributed by atoms with Crippen molar-refractivity contribution >= 4 is 11.6 Å². The van der Waals surface area contributed by atoms with Gasteiger partial charge in [-0.3, -0.25) is 4.79 Å². The molecule has 0 bridgehead atoms. The Morgan fingerprint density at radius 2 is 1.67 bits per heavy atom. The number of hydrogen-bond donors (Lipinski definition) is 1. The van der Waals surface area contributed by atoms with E-state index in [1.807, 2.05) is 0 Å². The van der Waals surface area contributed by atoms with Crippen molar-refractivity contribution < 1.29 is 4.79 Å². The molecule has 3 heteroatoms. The highest BCUT2D eigenvalue weighted by molar-refractivity contribution is 5.89. The van der Waals surface area contributed by atoms with Gasteiger partial charge in [0.25, 0.3) is 0 Å². The normalized spacial score (nSPS) is 21.7. The number of anilines is 1. The molecule has 2 aliphatic rings. The molecule has 3 rings (SSSR count). The molecule has 1 aromatic rings. The number of nitrogens with zero attached hydrogens (tertiary/aromatic N) is 1. The average Bonchev–Trinajstić information content (AvgIpc) is 3.22. The number of amides is 1. The van der Waals surface area contributed by atoms with E-state index in [0.717, 1.165) is 31.5 Å². The molecule has 1 aromatic carbocycles. The van der Waals surface area contributed by atoms with Crippen molar-refractivity contribution in [2.45, 2.75) is 37.5 Å². The molecule has 1 heterocycles. The van der Waals surface area contributed by atoms with Crippen molar-refractivity contribution in [3.8, 4) is 0 Å². The van der Waals surface area contributed by atoms with Crippen LogP contribution in [0.25, 0.3) is 0 Å². The van der Waals surface area contributed by atoms with E-state index in [1.54, 1.807) is 0 Å². The number of rotatable bonds is 3. The van der Waals surface area contributed by atoms with Crippen LogP contribution in [-0.2, 0) is 10.2 Å². The molecule has 1 saturated carbocycles. The van der Waals surface area contributed by atoms with E-state index in [-0.39, 0.29) is 11.3 Å². The standard InChI is InChI=1S/C15H20N2O/c16-14(18)15(8-9-15)12-4-6-13(7-5-12)17-10-2-1-3-11-17/h4-7H,1-3,8-11H2,(H2,16,18). The monoisotopic (exact) mass is 244 g/mol.